The van der Waals surface area contributed by atoms with Gasteiger partial charge in [0.25, 0.3) is 0 Å². The molecule has 0 saturated carbocycles. The summed E-state index contributed by atoms with van der Waals surface area (Å²) in [6.45, 7) is 1.94. The molecule has 3 rings (SSSR count). The van der Waals surface area contributed by atoms with Crippen LogP contribution >= 0.6 is 7.49 Å². The first kappa shape index (κ1) is 16.4. The van der Waals surface area contributed by atoms with Gasteiger partial charge in [0.1, 0.15) is 0 Å². The molecule has 1 amide bonds. The van der Waals surface area contributed by atoms with Crippen LogP contribution in [-0.2, 0) is 0 Å². The maximum absolute atomic E-state index is 12.0. The third kappa shape index (κ3) is 2.84. The second-order valence-electron chi connectivity index (χ2n) is 5.86. The molecule has 3 N–H and O–H groups in total. The molecule has 3 nitrogen and oxygen atoms in total. The van der Waals surface area contributed by atoms with Crippen LogP contribution in [0.1, 0.15) is 15.9 Å². The Morgan fingerprint density at radius 1 is 0.875 bits per heavy atom. The normalized spacial score (nSPS) is 11.9. The molecule has 0 aliphatic carbocycles. The van der Waals surface area contributed by atoms with E-state index in [1.54, 1.807) is 6.07 Å². The Morgan fingerprint density at radius 2 is 1.38 bits per heavy atom. The molecule has 4 heteroatoms. The molecule has 0 unspecified atom stereocenters. The number of amides is 1. The van der Waals surface area contributed by atoms with Crippen molar-refractivity contribution in [1.82, 2.24) is 0 Å². The summed E-state index contributed by atoms with van der Waals surface area (Å²) in [7, 11) is -3.32. The van der Waals surface area contributed by atoms with Gasteiger partial charge < -0.3 is 0 Å². The van der Waals surface area contributed by atoms with E-state index in [1.807, 2.05) is 79.7 Å². The van der Waals surface area contributed by atoms with Crippen LogP contribution in [0.25, 0.3) is 0 Å². The molecule has 0 spiro atoms. The predicted molar refractivity (Wildman–Crippen MR) is 102 cm³/mol. The molecule has 0 radical (unpaired) electrons. The van der Waals surface area contributed by atoms with Crippen LogP contribution in [0.2, 0.25) is 0 Å². The van der Waals surface area contributed by atoms with Crippen molar-refractivity contribution in [3.63, 3.8) is 0 Å². The molecular weight excluding hydrogens is 317 g/mol. The second kappa shape index (κ2) is 6.56. The van der Waals surface area contributed by atoms with Gasteiger partial charge in [-0.3, -0.25) is 0 Å². The molecule has 0 aromatic heterocycles. The molecule has 0 aliphatic heterocycles. The fourth-order valence-electron chi connectivity index (χ4n) is 3.01. The van der Waals surface area contributed by atoms with Crippen LogP contribution < -0.4 is 21.6 Å². The summed E-state index contributed by atoms with van der Waals surface area (Å²) in [6, 6.07) is 24.5. The number of rotatable bonds is 4. The van der Waals surface area contributed by atoms with Crippen LogP contribution in [0.5, 0.6) is 0 Å². The Morgan fingerprint density at radius 3 is 1.83 bits per heavy atom. The van der Waals surface area contributed by atoms with Crippen molar-refractivity contribution >= 4 is 29.3 Å². The van der Waals surface area contributed by atoms with Crippen molar-refractivity contribution in [3.05, 3.63) is 90.0 Å². The Balaban J connectivity index is 2.36. The van der Waals surface area contributed by atoms with Gasteiger partial charge in [0.2, 0.25) is 0 Å². The number of carbonyl (C=O) groups excluding carboxylic acids is 1. The Hall–Kier alpha value is -2.48. The SMILES string of the molecule is Cc1ccc(C(N)=O)c([PH](O)(c2ccccc2)c2ccccc2)c1. The topological polar surface area (TPSA) is 63.3 Å². The maximum atomic E-state index is 12.0. The van der Waals surface area contributed by atoms with E-state index < -0.39 is 13.4 Å². The van der Waals surface area contributed by atoms with E-state index in [0.29, 0.717) is 10.9 Å². The molecule has 0 atom stereocenters. The molecule has 0 fully saturated rings. The number of hydrogen-bond acceptors (Lipinski definition) is 2. The van der Waals surface area contributed by atoms with E-state index in [9.17, 15) is 9.69 Å². The van der Waals surface area contributed by atoms with Gasteiger partial charge in [0, 0.05) is 0 Å². The zero-order valence-corrected chi connectivity index (χ0v) is 14.4. The molecule has 24 heavy (non-hydrogen) atoms. The number of primary amides is 1. The minimum atomic E-state index is -3.32. The molecule has 3 aromatic carbocycles. The van der Waals surface area contributed by atoms with Crippen LogP contribution in [0, 0.1) is 6.92 Å². The summed E-state index contributed by atoms with van der Waals surface area (Å²) in [6.07, 6.45) is 0. The van der Waals surface area contributed by atoms with Crippen LogP contribution in [0.4, 0.5) is 0 Å². The van der Waals surface area contributed by atoms with Gasteiger partial charge in [-0.2, -0.15) is 0 Å². The average Bonchev–Trinajstić information content (AvgIpc) is 2.62. The van der Waals surface area contributed by atoms with Crippen molar-refractivity contribution < 1.29 is 9.69 Å². The van der Waals surface area contributed by atoms with Crippen molar-refractivity contribution in [2.24, 2.45) is 5.73 Å². The van der Waals surface area contributed by atoms with E-state index in [4.69, 9.17) is 5.73 Å². The third-order valence-corrected chi connectivity index (χ3v) is 7.74. The molecule has 0 aliphatic rings. The van der Waals surface area contributed by atoms with Crippen molar-refractivity contribution in [2.45, 2.75) is 6.92 Å². The fourth-order valence-corrected chi connectivity index (χ4v) is 6.35. The summed E-state index contributed by atoms with van der Waals surface area (Å²) < 4.78 is 0. The molecule has 0 saturated heterocycles. The van der Waals surface area contributed by atoms with Gasteiger partial charge in [-0.25, -0.2) is 0 Å². The van der Waals surface area contributed by atoms with E-state index in [0.717, 1.165) is 16.2 Å². The van der Waals surface area contributed by atoms with Gasteiger partial charge in [-0.05, 0) is 0 Å². The number of hydrogen-bond donors (Lipinski definition) is 2. The van der Waals surface area contributed by atoms with Crippen LogP contribution in [-0.4, -0.2) is 10.8 Å². The minimum absolute atomic E-state index is 0.377. The fraction of sp³-hybridized carbons (Fsp3) is 0.0500. The first-order chi connectivity index (χ1) is 11.5. The number of carbonyl (C=O) groups is 1. The monoisotopic (exact) mass is 337 g/mol. The Bertz CT molecular complexity index is 824. The molecule has 122 valence electrons. The van der Waals surface area contributed by atoms with E-state index in [1.165, 1.54) is 0 Å². The van der Waals surface area contributed by atoms with E-state index >= 15 is 0 Å². The van der Waals surface area contributed by atoms with Gasteiger partial charge in [-0.1, -0.05) is 0 Å². The van der Waals surface area contributed by atoms with Crippen molar-refractivity contribution in [2.75, 3.05) is 0 Å². The summed E-state index contributed by atoms with van der Waals surface area (Å²) in [5.74, 6) is -0.525. The first-order valence-corrected chi connectivity index (χ1v) is 9.72. The average molecular weight is 337 g/mol. The first-order valence-electron chi connectivity index (χ1n) is 7.78. The summed E-state index contributed by atoms with van der Waals surface area (Å²) in [5.41, 5.74) is 6.95. The van der Waals surface area contributed by atoms with Gasteiger partial charge in [-0.15, -0.1) is 0 Å². The Labute approximate surface area is 142 Å². The summed E-state index contributed by atoms with van der Waals surface area (Å²) >= 11 is 0. The Kier molecular flexibility index (Phi) is 4.48. The summed E-state index contributed by atoms with van der Waals surface area (Å²) in [5, 5.41) is 2.28. The summed E-state index contributed by atoms with van der Waals surface area (Å²) in [4.78, 5) is 23.9. The molecule has 0 heterocycles. The van der Waals surface area contributed by atoms with Crippen molar-refractivity contribution in [3.8, 4) is 0 Å². The number of benzene rings is 3. The van der Waals surface area contributed by atoms with Gasteiger partial charge in [0.15, 0.2) is 0 Å². The van der Waals surface area contributed by atoms with E-state index in [-0.39, 0.29) is 0 Å². The van der Waals surface area contributed by atoms with Gasteiger partial charge in [0.05, 0.1) is 0 Å². The molecule has 0 bridgehead atoms. The van der Waals surface area contributed by atoms with Crippen LogP contribution in [0.3, 0.4) is 0 Å². The standard InChI is InChI=1S/C20H20NO2P/c1-15-12-13-18(20(21)22)19(14-15)24(23,16-8-4-2-5-9-16)17-10-6-3-7-11-17/h2-14,23-24H,1H3,(H2,21,22). The number of aryl methyl sites for hydroxylation is 1. The molecule has 3 aromatic rings. The number of nitrogens with two attached hydrogens (primary N) is 1. The quantitative estimate of drug-likeness (QED) is 0.716. The van der Waals surface area contributed by atoms with Crippen LogP contribution in [0.15, 0.2) is 78.9 Å². The zero-order valence-electron chi connectivity index (χ0n) is 13.4. The van der Waals surface area contributed by atoms with E-state index in [2.05, 4.69) is 0 Å². The zero-order chi connectivity index (χ0) is 17.2. The second-order valence-corrected chi connectivity index (χ2v) is 8.97. The predicted octanol–water partition coefficient (Wildman–Crippen LogP) is 2.03. The molecular formula is C20H20NO2P. The van der Waals surface area contributed by atoms with Gasteiger partial charge >= 0.3 is 142 Å². The third-order valence-electron chi connectivity index (χ3n) is 4.21. The van der Waals surface area contributed by atoms with Crippen molar-refractivity contribution in [1.29, 1.82) is 0 Å².